The van der Waals surface area contributed by atoms with Crippen LogP contribution in [-0.4, -0.2) is 36.9 Å². The van der Waals surface area contributed by atoms with Crippen molar-refractivity contribution in [2.75, 3.05) is 7.11 Å². The molecular weight excluding hydrogens is 448 g/mol. The van der Waals surface area contributed by atoms with Gasteiger partial charge in [0, 0.05) is 27.7 Å². The molecule has 30 heavy (non-hydrogen) atoms. The normalized spacial score (nSPS) is 11.1. The molecule has 0 aliphatic heterocycles. The molecule has 0 N–H and O–H groups in total. The summed E-state index contributed by atoms with van der Waals surface area (Å²) < 4.78 is 13.9. The molecule has 0 amide bonds. The summed E-state index contributed by atoms with van der Waals surface area (Å²) in [4.78, 5) is 8.74. The van der Waals surface area contributed by atoms with Crippen LogP contribution in [0.15, 0.2) is 65.4 Å². The molecule has 0 unspecified atom stereocenters. The number of aromatic nitrogens is 6. The number of rotatable bonds is 5. The maximum atomic E-state index is 6.03. The van der Waals surface area contributed by atoms with E-state index in [2.05, 4.69) is 41.2 Å². The summed E-state index contributed by atoms with van der Waals surface area (Å²) in [6, 6.07) is 15.3. The Hall–Kier alpha value is -3.59. The lowest BCUT2D eigenvalue weighted by Crippen LogP contribution is -2.06. The lowest BCUT2D eigenvalue weighted by atomic mass is 10.2. The van der Waals surface area contributed by atoms with Crippen molar-refractivity contribution in [2.24, 2.45) is 0 Å². The third kappa shape index (κ3) is 3.43. The van der Waals surface area contributed by atoms with Crippen LogP contribution >= 0.6 is 15.9 Å². The van der Waals surface area contributed by atoms with Gasteiger partial charge in [0.25, 0.3) is 5.78 Å². The fourth-order valence-corrected chi connectivity index (χ4v) is 3.34. The Kier molecular flexibility index (Phi) is 4.72. The molecule has 0 aliphatic rings. The number of hydrogen-bond donors (Lipinski definition) is 0. The topological polar surface area (TPSA) is 87.3 Å². The van der Waals surface area contributed by atoms with Gasteiger partial charge in [0.1, 0.15) is 23.8 Å². The summed E-state index contributed by atoms with van der Waals surface area (Å²) in [6.07, 6.45) is 3.38. The minimum atomic E-state index is 0.185. The number of fused-ring (bicyclic) bond motifs is 2. The number of benzene rings is 2. The van der Waals surface area contributed by atoms with Crippen molar-refractivity contribution >= 4 is 32.6 Å². The molecule has 8 nitrogen and oxygen atoms in total. The highest BCUT2D eigenvalue weighted by Gasteiger charge is 2.12. The van der Waals surface area contributed by atoms with Gasteiger partial charge < -0.3 is 9.47 Å². The molecule has 0 spiro atoms. The molecule has 5 rings (SSSR count). The maximum Gasteiger partial charge on any atom is 0.272 e. The number of nitrogens with zero attached hydrogens (tertiary/aromatic N) is 6. The van der Waals surface area contributed by atoms with Gasteiger partial charge in [-0.15, -0.1) is 10.2 Å². The number of methoxy groups -OCH3 is 1. The quantitative estimate of drug-likeness (QED) is 0.388. The fraction of sp³-hybridized carbons (Fsp3) is 0.0952. The summed E-state index contributed by atoms with van der Waals surface area (Å²) >= 11 is 3.44. The second-order valence-corrected chi connectivity index (χ2v) is 7.37. The van der Waals surface area contributed by atoms with Gasteiger partial charge in [-0.1, -0.05) is 28.1 Å². The smallest absolute Gasteiger partial charge is 0.272 e. The van der Waals surface area contributed by atoms with Gasteiger partial charge in [0.05, 0.1) is 18.8 Å². The first-order valence-electron chi connectivity index (χ1n) is 9.10. The zero-order valence-electron chi connectivity index (χ0n) is 15.9. The van der Waals surface area contributed by atoms with E-state index in [9.17, 15) is 0 Å². The highest BCUT2D eigenvalue weighted by Crippen LogP contribution is 2.27. The van der Waals surface area contributed by atoms with E-state index in [4.69, 9.17) is 9.47 Å². The van der Waals surface area contributed by atoms with E-state index in [1.165, 1.54) is 0 Å². The van der Waals surface area contributed by atoms with E-state index < -0.39 is 0 Å². The summed E-state index contributed by atoms with van der Waals surface area (Å²) in [7, 11) is 1.63. The summed E-state index contributed by atoms with van der Waals surface area (Å²) in [5, 5.41) is 13.8. The summed E-state index contributed by atoms with van der Waals surface area (Å²) in [5.74, 6) is 2.40. The molecule has 5 aromatic rings. The SMILES string of the molecule is COc1ccc2c(OCc3nnc4ncc(-c5ccc(Br)cc5)nn34)ccnc2c1. The standard InChI is InChI=1S/C21H15BrN6O2/c1-29-15-6-7-16-17(10-15)23-9-8-19(16)30-12-20-25-26-21-24-11-18(27-28(20)21)13-2-4-14(22)5-3-13/h2-11H,12H2,1H3. The second-order valence-electron chi connectivity index (χ2n) is 6.46. The first-order valence-corrected chi connectivity index (χ1v) is 9.89. The lowest BCUT2D eigenvalue weighted by Gasteiger charge is -2.09. The third-order valence-corrected chi connectivity index (χ3v) is 5.13. The summed E-state index contributed by atoms with van der Waals surface area (Å²) in [6.45, 7) is 0.185. The number of ether oxygens (including phenoxy) is 2. The Labute approximate surface area is 179 Å². The van der Waals surface area contributed by atoms with Crippen molar-refractivity contribution < 1.29 is 9.47 Å². The van der Waals surface area contributed by atoms with Crippen LogP contribution in [0.5, 0.6) is 11.5 Å². The van der Waals surface area contributed by atoms with Crippen molar-refractivity contribution in [1.29, 1.82) is 0 Å². The Balaban J connectivity index is 1.45. The largest absolute Gasteiger partial charge is 0.497 e. The van der Waals surface area contributed by atoms with Crippen molar-refractivity contribution in [3.05, 3.63) is 71.2 Å². The Morgan fingerprint density at radius 3 is 2.70 bits per heavy atom. The van der Waals surface area contributed by atoms with Crippen LogP contribution in [0.25, 0.3) is 27.9 Å². The molecule has 148 valence electrons. The molecule has 0 radical (unpaired) electrons. The summed E-state index contributed by atoms with van der Waals surface area (Å²) in [5.41, 5.74) is 2.45. The molecule has 3 aromatic heterocycles. The highest BCUT2D eigenvalue weighted by molar-refractivity contribution is 9.10. The molecule has 2 aromatic carbocycles. The zero-order valence-corrected chi connectivity index (χ0v) is 17.4. The van der Waals surface area contributed by atoms with Crippen LogP contribution in [0.1, 0.15) is 5.82 Å². The van der Waals surface area contributed by atoms with Crippen LogP contribution in [0.4, 0.5) is 0 Å². The van der Waals surface area contributed by atoms with Crippen molar-refractivity contribution in [3.8, 4) is 22.8 Å². The fourth-order valence-electron chi connectivity index (χ4n) is 3.08. The van der Waals surface area contributed by atoms with Crippen LogP contribution in [0.3, 0.4) is 0 Å². The van der Waals surface area contributed by atoms with Crippen LogP contribution in [-0.2, 0) is 6.61 Å². The average Bonchev–Trinajstić information content (AvgIpc) is 3.20. The molecule has 0 fully saturated rings. The van der Waals surface area contributed by atoms with E-state index in [1.54, 1.807) is 24.0 Å². The number of pyridine rings is 1. The van der Waals surface area contributed by atoms with Crippen molar-refractivity contribution in [3.63, 3.8) is 0 Å². The lowest BCUT2D eigenvalue weighted by molar-refractivity contribution is 0.296. The Morgan fingerprint density at radius 1 is 1.00 bits per heavy atom. The van der Waals surface area contributed by atoms with E-state index in [0.29, 0.717) is 17.4 Å². The van der Waals surface area contributed by atoms with Gasteiger partial charge in [-0.05, 0) is 30.3 Å². The molecule has 0 aliphatic carbocycles. The minimum Gasteiger partial charge on any atom is -0.497 e. The first-order chi connectivity index (χ1) is 14.7. The average molecular weight is 463 g/mol. The van der Waals surface area contributed by atoms with Crippen molar-refractivity contribution in [2.45, 2.75) is 6.61 Å². The van der Waals surface area contributed by atoms with Gasteiger partial charge >= 0.3 is 0 Å². The molecular formula is C21H15BrN6O2. The molecule has 0 bridgehead atoms. The molecule has 0 saturated heterocycles. The predicted octanol–water partition coefficient (Wildman–Crippen LogP) is 4.08. The van der Waals surface area contributed by atoms with E-state index in [-0.39, 0.29) is 6.61 Å². The van der Waals surface area contributed by atoms with Crippen LogP contribution in [0, 0.1) is 0 Å². The van der Waals surface area contributed by atoms with Gasteiger partial charge in [-0.3, -0.25) is 4.98 Å². The molecule has 9 heteroatoms. The van der Waals surface area contributed by atoms with Crippen LogP contribution < -0.4 is 9.47 Å². The van der Waals surface area contributed by atoms with Gasteiger partial charge in [0.15, 0.2) is 5.82 Å². The predicted molar refractivity (Wildman–Crippen MR) is 114 cm³/mol. The molecule has 0 atom stereocenters. The van der Waals surface area contributed by atoms with Crippen LogP contribution in [0.2, 0.25) is 0 Å². The monoisotopic (exact) mass is 462 g/mol. The third-order valence-electron chi connectivity index (χ3n) is 4.61. The molecule has 0 saturated carbocycles. The minimum absolute atomic E-state index is 0.185. The highest BCUT2D eigenvalue weighted by atomic mass is 79.9. The number of hydrogen-bond acceptors (Lipinski definition) is 7. The first kappa shape index (κ1) is 18.4. The van der Waals surface area contributed by atoms with Gasteiger partial charge in [-0.2, -0.15) is 9.61 Å². The maximum absolute atomic E-state index is 6.03. The van der Waals surface area contributed by atoms with Gasteiger partial charge in [-0.25, -0.2) is 4.98 Å². The zero-order chi connectivity index (χ0) is 20.5. The van der Waals surface area contributed by atoms with E-state index in [0.717, 1.165) is 32.4 Å². The van der Waals surface area contributed by atoms with E-state index >= 15 is 0 Å². The van der Waals surface area contributed by atoms with Gasteiger partial charge in [0.2, 0.25) is 0 Å². The Morgan fingerprint density at radius 2 is 1.87 bits per heavy atom. The Bertz CT molecular complexity index is 1350. The van der Waals surface area contributed by atoms with E-state index in [1.807, 2.05) is 48.5 Å². The number of halogens is 1. The van der Waals surface area contributed by atoms with Crippen molar-refractivity contribution in [1.82, 2.24) is 29.8 Å². The second kappa shape index (κ2) is 7.68. The molecule has 3 heterocycles.